The van der Waals surface area contributed by atoms with Crippen molar-refractivity contribution >= 4 is 55.6 Å². The number of halogens is 1. The van der Waals surface area contributed by atoms with E-state index in [0.717, 1.165) is 9.47 Å². The van der Waals surface area contributed by atoms with E-state index < -0.39 is 5.97 Å². The summed E-state index contributed by atoms with van der Waals surface area (Å²) in [7, 11) is 1.91. The summed E-state index contributed by atoms with van der Waals surface area (Å²) < 4.78 is 10.1. The van der Waals surface area contributed by atoms with Crippen LogP contribution >= 0.6 is 38.8 Å². The highest BCUT2D eigenvalue weighted by Gasteiger charge is 2.23. The van der Waals surface area contributed by atoms with Crippen molar-refractivity contribution in [3.63, 3.8) is 0 Å². The van der Waals surface area contributed by atoms with Crippen LogP contribution in [-0.4, -0.2) is 24.0 Å². The molecule has 2 aromatic rings. The fourth-order valence-corrected chi connectivity index (χ4v) is 3.95. The highest BCUT2D eigenvalue weighted by Crippen LogP contribution is 2.32. The number of ether oxygens (including phenoxy) is 1. The largest absolute Gasteiger partial charge is 0.462 e. The van der Waals surface area contributed by atoms with E-state index in [2.05, 4.69) is 26.4 Å². The number of nitrogens with zero attached hydrogens (tertiary/aromatic N) is 2. The number of hydrogen-bond donors (Lipinski definition) is 1. The zero-order valence-electron chi connectivity index (χ0n) is 11.1. The van der Waals surface area contributed by atoms with Crippen LogP contribution in [0.3, 0.4) is 0 Å². The number of nitrogens with two attached hydrogens (primary N) is 1. The second-order valence-electron chi connectivity index (χ2n) is 4.06. The van der Waals surface area contributed by atoms with E-state index in [9.17, 15) is 4.79 Å². The molecule has 0 aliphatic heterocycles. The van der Waals surface area contributed by atoms with Crippen LogP contribution in [0.5, 0.6) is 0 Å². The Morgan fingerprint density at radius 1 is 1.60 bits per heavy atom. The molecule has 2 N–H and O–H groups in total. The molecule has 0 saturated carbocycles. The molecule has 108 valence electrons. The summed E-state index contributed by atoms with van der Waals surface area (Å²) in [6.45, 7) is 2.76. The number of rotatable bonds is 5. The SMILES string of the molecule is CCOC(=O)c1c(N)nsc1N(C)Cc1cc(Br)cs1. The molecular weight excluding hydrogens is 362 g/mol. The molecule has 0 aliphatic rings. The topological polar surface area (TPSA) is 68.5 Å². The standard InChI is InChI=1S/C12H14BrN3O2S2/c1-3-18-12(17)9-10(14)15-20-11(9)16(2)5-8-4-7(13)6-19-8/h4,6H,3,5H2,1-2H3,(H2,14,15). The van der Waals surface area contributed by atoms with Gasteiger partial charge in [-0.3, -0.25) is 0 Å². The van der Waals surface area contributed by atoms with E-state index in [0.29, 0.717) is 18.7 Å². The Morgan fingerprint density at radius 3 is 2.95 bits per heavy atom. The molecule has 0 fully saturated rings. The van der Waals surface area contributed by atoms with Gasteiger partial charge in [-0.25, -0.2) is 4.79 Å². The van der Waals surface area contributed by atoms with E-state index in [4.69, 9.17) is 10.5 Å². The number of aromatic nitrogens is 1. The predicted octanol–water partition coefficient (Wildman–Crippen LogP) is 3.36. The third-order valence-electron chi connectivity index (χ3n) is 2.54. The highest BCUT2D eigenvalue weighted by molar-refractivity contribution is 9.10. The molecule has 2 heterocycles. The smallest absolute Gasteiger partial charge is 0.345 e. The van der Waals surface area contributed by atoms with E-state index in [-0.39, 0.29) is 5.82 Å². The van der Waals surface area contributed by atoms with Crippen LogP contribution in [-0.2, 0) is 11.3 Å². The normalized spacial score (nSPS) is 10.6. The van der Waals surface area contributed by atoms with Crippen molar-refractivity contribution in [3.8, 4) is 0 Å². The van der Waals surface area contributed by atoms with Gasteiger partial charge in [0, 0.05) is 21.8 Å². The number of esters is 1. The lowest BCUT2D eigenvalue weighted by Crippen LogP contribution is -2.18. The summed E-state index contributed by atoms with van der Waals surface area (Å²) in [6.07, 6.45) is 0. The lowest BCUT2D eigenvalue weighted by atomic mass is 10.3. The minimum absolute atomic E-state index is 0.225. The van der Waals surface area contributed by atoms with Crippen molar-refractivity contribution < 1.29 is 9.53 Å². The Labute approximate surface area is 133 Å². The minimum atomic E-state index is -0.423. The van der Waals surface area contributed by atoms with Crippen LogP contribution < -0.4 is 10.6 Å². The first kappa shape index (κ1) is 15.3. The third kappa shape index (κ3) is 3.31. The summed E-state index contributed by atoms with van der Waals surface area (Å²) in [6, 6.07) is 2.05. The molecule has 20 heavy (non-hydrogen) atoms. The van der Waals surface area contributed by atoms with Crippen LogP contribution in [0.4, 0.5) is 10.8 Å². The Hall–Kier alpha value is -1.12. The second kappa shape index (κ2) is 6.55. The second-order valence-corrected chi connectivity index (χ2v) is 6.72. The number of thiophene rings is 1. The molecule has 0 amide bonds. The van der Waals surface area contributed by atoms with Crippen LogP contribution in [0.15, 0.2) is 15.9 Å². The summed E-state index contributed by atoms with van der Waals surface area (Å²) in [5.41, 5.74) is 6.13. The Bertz CT molecular complexity index is 612. The maximum Gasteiger partial charge on any atom is 0.345 e. The van der Waals surface area contributed by atoms with Crippen molar-refractivity contribution in [1.29, 1.82) is 0 Å². The van der Waals surface area contributed by atoms with Gasteiger partial charge in [0.25, 0.3) is 0 Å². The molecule has 5 nitrogen and oxygen atoms in total. The van der Waals surface area contributed by atoms with E-state index in [1.54, 1.807) is 18.3 Å². The number of carbonyl (C=O) groups excluding carboxylic acids is 1. The van der Waals surface area contributed by atoms with Crippen LogP contribution in [0.25, 0.3) is 0 Å². The molecule has 0 aromatic carbocycles. The van der Waals surface area contributed by atoms with Crippen LogP contribution in [0, 0.1) is 0 Å². The molecular formula is C12H14BrN3O2S2. The first-order valence-electron chi connectivity index (χ1n) is 5.89. The lowest BCUT2D eigenvalue weighted by molar-refractivity contribution is 0.0528. The molecule has 0 spiro atoms. The van der Waals surface area contributed by atoms with Crippen molar-refractivity contribution in [2.45, 2.75) is 13.5 Å². The van der Waals surface area contributed by atoms with Crippen LogP contribution in [0.1, 0.15) is 22.2 Å². The van der Waals surface area contributed by atoms with Gasteiger partial charge in [0.1, 0.15) is 10.6 Å². The maximum absolute atomic E-state index is 11.9. The van der Waals surface area contributed by atoms with Crippen molar-refractivity contribution in [2.75, 3.05) is 24.3 Å². The summed E-state index contributed by atoms with van der Waals surface area (Å²) >= 11 is 6.29. The van der Waals surface area contributed by atoms with Gasteiger partial charge >= 0.3 is 5.97 Å². The molecule has 0 unspecified atom stereocenters. The van der Waals surface area contributed by atoms with Gasteiger partial charge in [-0.15, -0.1) is 11.3 Å². The van der Waals surface area contributed by atoms with Crippen molar-refractivity contribution in [2.24, 2.45) is 0 Å². The van der Waals surface area contributed by atoms with E-state index >= 15 is 0 Å². The van der Waals surface area contributed by atoms with Gasteiger partial charge < -0.3 is 15.4 Å². The van der Waals surface area contributed by atoms with Gasteiger partial charge in [-0.05, 0) is 40.5 Å². The average molecular weight is 376 g/mol. The molecule has 8 heteroatoms. The number of hydrogen-bond acceptors (Lipinski definition) is 7. The number of anilines is 2. The van der Waals surface area contributed by atoms with Crippen molar-refractivity contribution in [1.82, 2.24) is 4.37 Å². The predicted molar refractivity (Wildman–Crippen MR) is 86.6 cm³/mol. The highest BCUT2D eigenvalue weighted by atomic mass is 79.9. The van der Waals surface area contributed by atoms with Gasteiger partial charge in [-0.1, -0.05) is 0 Å². The quantitative estimate of drug-likeness (QED) is 0.811. The zero-order valence-corrected chi connectivity index (χ0v) is 14.3. The molecule has 0 aliphatic carbocycles. The zero-order chi connectivity index (χ0) is 14.7. The molecule has 0 saturated heterocycles. The molecule has 0 bridgehead atoms. The van der Waals surface area contributed by atoms with Crippen molar-refractivity contribution in [3.05, 3.63) is 26.4 Å². The van der Waals surface area contributed by atoms with Gasteiger partial charge in [0.2, 0.25) is 0 Å². The van der Waals surface area contributed by atoms with Crippen LogP contribution in [0.2, 0.25) is 0 Å². The lowest BCUT2D eigenvalue weighted by Gasteiger charge is -2.17. The maximum atomic E-state index is 11.9. The molecule has 0 atom stereocenters. The Balaban J connectivity index is 2.21. The molecule has 0 radical (unpaired) electrons. The van der Waals surface area contributed by atoms with Gasteiger partial charge in [0.15, 0.2) is 5.82 Å². The number of carbonyl (C=O) groups is 1. The monoisotopic (exact) mass is 375 g/mol. The average Bonchev–Trinajstić information content (AvgIpc) is 2.96. The molecule has 2 rings (SSSR count). The first-order chi connectivity index (χ1) is 9.52. The Morgan fingerprint density at radius 2 is 2.35 bits per heavy atom. The molecule has 2 aromatic heterocycles. The fourth-order valence-electron chi connectivity index (χ4n) is 1.69. The fraction of sp³-hybridized carbons (Fsp3) is 0.333. The number of nitrogen functional groups attached to an aromatic ring is 1. The van der Waals surface area contributed by atoms with Gasteiger partial charge in [-0.2, -0.15) is 4.37 Å². The minimum Gasteiger partial charge on any atom is -0.462 e. The van der Waals surface area contributed by atoms with Gasteiger partial charge in [0.05, 0.1) is 13.2 Å². The van der Waals surface area contributed by atoms with E-state index in [1.807, 2.05) is 17.3 Å². The Kier molecular flexibility index (Phi) is 5.00. The van der Waals surface area contributed by atoms with E-state index in [1.165, 1.54) is 16.4 Å². The summed E-state index contributed by atoms with van der Waals surface area (Å²) in [4.78, 5) is 15.1. The summed E-state index contributed by atoms with van der Waals surface area (Å²) in [5.74, 6) is -0.198. The summed E-state index contributed by atoms with van der Waals surface area (Å²) in [5, 5.41) is 2.75. The first-order valence-corrected chi connectivity index (χ1v) is 8.33. The third-order valence-corrected chi connectivity index (χ3v) is 5.20.